The van der Waals surface area contributed by atoms with E-state index in [-0.39, 0.29) is 5.82 Å². The van der Waals surface area contributed by atoms with Crippen molar-refractivity contribution in [1.82, 2.24) is 14.9 Å². The van der Waals surface area contributed by atoms with Gasteiger partial charge in [-0.05, 0) is 60.8 Å². The van der Waals surface area contributed by atoms with Gasteiger partial charge < -0.3 is 0 Å². The highest BCUT2D eigenvalue weighted by Crippen LogP contribution is 2.27. The van der Waals surface area contributed by atoms with Gasteiger partial charge in [0.1, 0.15) is 5.82 Å². The minimum Gasteiger partial charge on any atom is -0.298 e. The molecule has 0 bridgehead atoms. The Morgan fingerprint density at radius 3 is 2.78 bits per heavy atom. The first kappa shape index (κ1) is 17.8. The van der Waals surface area contributed by atoms with Crippen molar-refractivity contribution >= 4 is 0 Å². The van der Waals surface area contributed by atoms with Crippen LogP contribution in [0.25, 0.3) is 0 Å². The van der Waals surface area contributed by atoms with E-state index in [2.05, 4.69) is 28.1 Å². The van der Waals surface area contributed by atoms with E-state index in [0.29, 0.717) is 12.3 Å². The molecule has 138 valence electrons. The fourth-order valence-electron chi connectivity index (χ4n) is 3.87. The molecule has 4 heteroatoms. The lowest BCUT2D eigenvalue weighted by Gasteiger charge is -2.32. The molecule has 0 N–H and O–H groups in total. The van der Waals surface area contributed by atoms with E-state index in [1.54, 1.807) is 12.1 Å². The van der Waals surface area contributed by atoms with Crippen molar-refractivity contribution in [2.75, 3.05) is 13.1 Å². The molecule has 1 aromatic carbocycles. The number of pyridine rings is 2. The molecule has 0 saturated carbocycles. The van der Waals surface area contributed by atoms with Gasteiger partial charge in [-0.1, -0.05) is 24.3 Å². The van der Waals surface area contributed by atoms with Crippen LogP contribution >= 0.6 is 0 Å². The first-order chi connectivity index (χ1) is 13.3. The van der Waals surface area contributed by atoms with E-state index in [1.807, 2.05) is 30.6 Å². The number of piperidine rings is 1. The van der Waals surface area contributed by atoms with Crippen LogP contribution < -0.4 is 0 Å². The topological polar surface area (TPSA) is 29.0 Å². The third-order valence-corrected chi connectivity index (χ3v) is 5.16. The van der Waals surface area contributed by atoms with Gasteiger partial charge in [0.2, 0.25) is 0 Å². The monoisotopic (exact) mass is 361 g/mol. The van der Waals surface area contributed by atoms with E-state index in [4.69, 9.17) is 4.98 Å². The van der Waals surface area contributed by atoms with Gasteiger partial charge in [0.05, 0.1) is 0 Å². The average Bonchev–Trinajstić information content (AvgIpc) is 2.69. The second-order valence-electron chi connectivity index (χ2n) is 7.30. The Morgan fingerprint density at radius 1 is 1.04 bits per heavy atom. The van der Waals surface area contributed by atoms with Crippen LogP contribution in [0.4, 0.5) is 4.39 Å². The lowest BCUT2D eigenvalue weighted by Crippen LogP contribution is -2.34. The van der Waals surface area contributed by atoms with Gasteiger partial charge in [0.25, 0.3) is 0 Å². The summed E-state index contributed by atoms with van der Waals surface area (Å²) < 4.78 is 13.4. The molecule has 1 unspecified atom stereocenters. The van der Waals surface area contributed by atoms with Crippen molar-refractivity contribution in [2.24, 2.45) is 0 Å². The van der Waals surface area contributed by atoms with Crippen molar-refractivity contribution < 1.29 is 4.39 Å². The summed E-state index contributed by atoms with van der Waals surface area (Å²) >= 11 is 0. The van der Waals surface area contributed by atoms with Gasteiger partial charge in [-0.25, -0.2) is 4.39 Å². The summed E-state index contributed by atoms with van der Waals surface area (Å²) in [6, 6.07) is 17.1. The van der Waals surface area contributed by atoms with E-state index in [1.165, 1.54) is 24.5 Å². The van der Waals surface area contributed by atoms with Crippen LogP contribution in [0.5, 0.6) is 0 Å². The van der Waals surface area contributed by atoms with Gasteiger partial charge >= 0.3 is 0 Å². The standard InChI is InChI=1S/C23H24FN3/c24-21-8-1-5-18(13-21)14-22-9-2-10-23(26-22)20-7-4-12-27(17-20)16-19-6-3-11-25-15-19/h1-3,5-6,8-11,13,15,20H,4,7,12,14,16-17H2. The fraction of sp³-hybridized carbons (Fsp3) is 0.304. The van der Waals surface area contributed by atoms with Crippen LogP contribution in [0, 0.1) is 5.82 Å². The Bertz CT molecular complexity index is 882. The number of rotatable bonds is 5. The zero-order valence-electron chi connectivity index (χ0n) is 15.4. The summed E-state index contributed by atoms with van der Waals surface area (Å²) in [6.07, 6.45) is 6.77. The van der Waals surface area contributed by atoms with Gasteiger partial charge in [0, 0.05) is 49.2 Å². The maximum atomic E-state index is 13.4. The van der Waals surface area contributed by atoms with Gasteiger partial charge in [0.15, 0.2) is 0 Å². The van der Waals surface area contributed by atoms with Gasteiger partial charge in [-0.2, -0.15) is 0 Å². The van der Waals surface area contributed by atoms with Crippen LogP contribution in [0.3, 0.4) is 0 Å². The first-order valence-corrected chi connectivity index (χ1v) is 9.58. The molecule has 1 aliphatic rings. The summed E-state index contributed by atoms with van der Waals surface area (Å²) in [5, 5.41) is 0. The highest BCUT2D eigenvalue weighted by Gasteiger charge is 2.22. The fourth-order valence-corrected chi connectivity index (χ4v) is 3.87. The Labute approximate surface area is 159 Å². The van der Waals surface area contributed by atoms with Crippen molar-refractivity contribution in [3.8, 4) is 0 Å². The molecular weight excluding hydrogens is 337 g/mol. The van der Waals surface area contributed by atoms with Crippen molar-refractivity contribution in [3.63, 3.8) is 0 Å². The molecule has 4 rings (SSSR count). The van der Waals surface area contributed by atoms with Crippen LogP contribution in [0.1, 0.15) is 41.3 Å². The minimum absolute atomic E-state index is 0.193. The minimum atomic E-state index is -0.193. The normalized spacial score (nSPS) is 17.7. The summed E-state index contributed by atoms with van der Waals surface area (Å²) in [6.45, 7) is 3.08. The van der Waals surface area contributed by atoms with Gasteiger partial charge in [-0.15, -0.1) is 0 Å². The highest BCUT2D eigenvalue weighted by molar-refractivity contribution is 5.24. The maximum Gasteiger partial charge on any atom is 0.123 e. The van der Waals surface area contributed by atoms with Crippen molar-refractivity contribution in [1.29, 1.82) is 0 Å². The molecule has 1 aliphatic heterocycles. The summed E-state index contributed by atoms with van der Waals surface area (Å²) in [4.78, 5) is 11.6. The molecule has 0 amide bonds. The molecule has 0 radical (unpaired) electrons. The van der Waals surface area contributed by atoms with Crippen molar-refractivity contribution in [3.05, 3.63) is 95.3 Å². The number of nitrogens with zero attached hydrogens (tertiary/aromatic N) is 3. The third-order valence-electron chi connectivity index (χ3n) is 5.16. The van der Waals surface area contributed by atoms with E-state index >= 15 is 0 Å². The average molecular weight is 361 g/mol. The first-order valence-electron chi connectivity index (χ1n) is 9.58. The molecule has 1 saturated heterocycles. The predicted octanol–water partition coefficient (Wildman–Crippen LogP) is 4.59. The quantitative estimate of drug-likeness (QED) is 0.666. The number of likely N-dealkylation sites (tertiary alicyclic amines) is 1. The molecule has 0 aliphatic carbocycles. The van der Waals surface area contributed by atoms with Gasteiger partial charge in [-0.3, -0.25) is 14.9 Å². The summed E-state index contributed by atoms with van der Waals surface area (Å²) in [7, 11) is 0. The highest BCUT2D eigenvalue weighted by atomic mass is 19.1. The Balaban J connectivity index is 1.44. The number of aromatic nitrogens is 2. The van der Waals surface area contributed by atoms with E-state index in [0.717, 1.165) is 36.6 Å². The molecule has 27 heavy (non-hydrogen) atoms. The number of hydrogen-bond acceptors (Lipinski definition) is 3. The Kier molecular flexibility index (Phi) is 5.54. The molecule has 3 nitrogen and oxygen atoms in total. The van der Waals surface area contributed by atoms with Crippen LogP contribution in [0.2, 0.25) is 0 Å². The molecule has 3 aromatic rings. The van der Waals surface area contributed by atoms with Crippen LogP contribution in [-0.4, -0.2) is 28.0 Å². The van der Waals surface area contributed by atoms with Crippen LogP contribution in [-0.2, 0) is 13.0 Å². The molecule has 3 heterocycles. The lowest BCUT2D eigenvalue weighted by atomic mass is 9.93. The number of hydrogen-bond donors (Lipinski definition) is 0. The molecule has 0 spiro atoms. The SMILES string of the molecule is Fc1cccc(Cc2cccc(C3CCCN(Cc4cccnc4)C3)n2)c1. The third kappa shape index (κ3) is 4.77. The second kappa shape index (κ2) is 8.40. The largest absolute Gasteiger partial charge is 0.298 e. The van der Waals surface area contributed by atoms with E-state index < -0.39 is 0 Å². The maximum absolute atomic E-state index is 13.4. The Morgan fingerprint density at radius 2 is 1.93 bits per heavy atom. The lowest BCUT2D eigenvalue weighted by molar-refractivity contribution is 0.198. The second-order valence-corrected chi connectivity index (χ2v) is 7.30. The predicted molar refractivity (Wildman–Crippen MR) is 105 cm³/mol. The molecular formula is C23H24FN3. The van der Waals surface area contributed by atoms with Crippen molar-refractivity contribution in [2.45, 2.75) is 31.7 Å². The number of benzene rings is 1. The van der Waals surface area contributed by atoms with Crippen LogP contribution in [0.15, 0.2) is 67.0 Å². The van der Waals surface area contributed by atoms with E-state index in [9.17, 15) is 4.39 Å². The zero-order chi connectivity index (χ0) is 18.5. The molecule has 1 atom stereocenters. The molecule has 2 aromatic heterocycles. The Hall–Kier alpha value is -2.59. The summed E-state index contributed by atoms with van der Waals surface area (Å²) in [5.41, 5.74) is 4.37. The number of halogens is 1. The zero-order valence-corrected chi connectivity index (χ0v) is 15.4. The summed E-state index contributed by atoms with van der Waals surface area (Å²) in [5.74, 6) is 0.254. The molecule has 1 fully saturated rings. The smallest absolute Gasteiger partial charge is 0.123 e.